The van der Waals surface area contributed by atoms with Crippen LogP contribution in [0.5, 0.6) is 0 Å². The Bertz CT molecular complexity index is 371. The number of hydrogen-bond acceptors (Lipinski definition) is 3. The van der Waals surface area contributed by atoms with Gasteiger partial charge in [0.2, 0.25) is 0 Å². The van der Waals surface area contributed by atoms with Crippen LogP contribution in [0.25, 0.3) is 0 Å². The standard InChI is InChI=1S/C12H19N3/c1-8-4-11(15-7-10(8)13)14-6-9-5-12(9,2)3/h4,7,9H,5-6,13H2,1-3H3,(H,14,15). The lowest BCUT2D eigenvalue weighted by Crippen LogP contribution is -2.08. The summed E-state index contributed by atoms with van der Waals surface area (Å²) < 4.78 is 0. The van der Waals surface area contributed by atoms with E-state index in [-0.39, 0.29) is 0 Å². The summed E-state index contributed by atoms with van der Waals surface area (Å²) in [5.74, 6) is 1.72. The first-order valence-corrected chi connectivity index (χ1v) is 5.45. The third kappa shape index (κ3) is 2.22. The van der Waals surface area contributed by atoms with Crippen LogP contribution in [-0.2, 0) is 0 Å². The summed E-state index contributed by atoms with van der Waals surface area (Å²) >= 11 is 0. The summed E-state index contributed by atoms with van der Waals surface area (Å²) in [5.41, 5.74) is 8.08. The first-order valence-electron chi connectivity index (χ1n) is 5.45. The molecule has 2 rings (SSSR count). The monoisotopic (exact) mass is 205 g/mol. The third-order valence-electron chi connectivity index (χ3n) is 3.40. The van der Waals surface area contributed by atoms with Crippen LogP contribution < -0.4 is 11.1 Å². The van der Waals surface area contributed by atoms with Gasteiger partial charge in [0.05, 0.1) is 11.9 Å². The summed E-state index contributed by atoms with van der Waals surface area (Å²) in [7, 11) is 0. The van der Waals surface area contributed by atoms with Gasteiger partial charge in [-0.25, -0.2) is 4.98 Å². The van der Waals surface area contributed by atoms with Gasteiger partial charge in [0.25, 0.3) is 0 Å². The van der Waals surface area contributed by atoms with Crippen LogP contribution >= 0.6 is 0 Å². The van der Waals surface area contributed by atoms with Crippen molar-refractivity contribution < 1.29 is 0 Å². The normalized spacial score (nSPS) is 22.5. The maximum Gasteiger partial charge on any atom is 0.126 e. The molecular weight excluding hydrogens is 186 g/mol. The summed E-state index contributed by atoms with van der Waals surface area (Å²) in [4.78, 5) is 4.25. The van der Waals surface area contributed by atoms with E-state index >= 15 is 0 Å². The molecule has 0 aromatic carbocycles. The van der Waals surface area contributed by atoms with Gasteiger partial charge in [0.1, 0.15) is 5.82 Å². The number of nitrogens with zero attached hydrogens (tertiary/aromatic N) is 1. The van der Waals surface area contributed by atoms with Gasteiger partial charge < -0.3 is 11.1 Å². The zero-order valence-electron chi connectivity index (χ0n) is 9.67. The minimum absolute atomic E-state index is 0.524. The highest BCUT2D eigenvalue weighted by Crippen LogP contribution is 2.51. The molecule has 0 aliphatic heterocycles. The number of pyridine rings is 1. The number of aromatic nitrogens is 1. The van der Waals surface area contributed by atoms with Gasteiger partial charge in [-0.1, -0.05) is 13.8 Å². The molecule has 1 unspecified atom stereocenters. The highest BCUT2D eigenvalue weighted by atomic mass is 15.0. The lowest BCUT2D eigenvalue weighted by molar-refractivity contribution is 0.573. The van der Waals surface area contributed by atoms with Crippen LogP contribution in [0.1, 0.15) is 25.8 Å². The van der Waals surface area contributed by atoms with E-state index < -0.39 is 0 Å². The second kappa shape index (κ2) is 3.40. The number of nitrogen functional groups attached to an aromatic ring is 1. The molecule has 1 saturated carbocycles. The van der Waals surface area contributed by atoms with Crippen molar-refractivity contribution in [3.8, 4) is 0 Å². The predicted octanol–water partition coefficient (Wildman–Crippen LogP) is 2.43. The minimum atomic E-state index is 0.524. The van der Waals surface area contributed by atoms with Crippen molar-refractivity contribution in [3.63, 3.8) is 0 Å². The van der Waals surface area contributed by atoms with Gasteiger partial charge in [-0.15, -0.1) is 0 Å². The molecule has 3 N–H and O–H groups in total. The summed E-state index contributed by atoms with van der Waals surface area (Å²) in [6, 6.07) is 2.00. The fraction of sp³-hybridized carbons (Fsp3) is 0.583. The number of hydrogen-bond donors (Lipinski definition) is 2. The lowest BCUT2D eigenvalue weighted by Gasteiger charge is -2.08. The van der Waals surface area contributed by atoms with Crippen LogP contribution in [0.3, 0.4) is 0 Å². The van der Waals surface area contributed by atoms with E-state index in [0.29, 0.717) is 5.41 Å². The van der Waals surface area contributed by atoms with E-state index in [2.05, 4.69) is 24.1 Å². The van der Waals surface area contributed by atoms with Crippen molar-refractivity contribution in [1.29, 1.82) is 0 Å². The Kier molecular flexibility index (Phi) is 2.33. The van der Waals surface area contributed by atoms with Crippen molar-refractivity contribution in [1.82, 2.24) is 4.98 Å². The fourth-order valence-corrected chi connectivity index (χ4v) is 1.82. The van der Waals surface area contributed by atoms with Crippen molar-refractivity contribution in [3.05, 3.63) is 17.8 Å². The molecule has 3 nitrogen and oxygen atoms in total. The quantitative estimate of drug-likeness (QED) is 0.796. The van der Waals surface area contributed by atoms with Crippen LogP contribution in [0, 0.1) is 18.3 Å². The van der Waals surface area contributed by atoms with E-state index in [1.165, 1.54) is 6.42 Å². The fourth-order valence-electron chi connectivity index (χ4n) is 1.82. The number of nitrogens with one attached hydrogen (secondary N) is 1. The van der Waals surface area contributed by atoms with Crippen molar-refractivity contribution in [2.45, 2.75) is 27.2 Å². The minimum Gasteiger partial charge on any atom is -0.397 e. The largest absolute Gasteiger partial charge is 0.397 e. The highest BCUT2D eigenvalue weighted by molar-refractivity contribution is 5.50. The van der Waals surface area contributed by atoms with Crippen molar-refractivity contribution >= 4 is 11.5 Å². The average molecular weight is 205 g/mol. The van der Waals surface area contributed by atoms with E-state index in [1.54, 1.807) is 6.20 Å². The molecule has 1 aromatic heterocycles. The van der Waals surface area contributed by atoms with Crippen LogP contribution in [0.2, 0.25) is 0 Å². The van der Waals surface area contributed by atoms with Crippen LogP contribution in [-0.4, -0.2) is 11.5 Å². The molecule has 0 radical (unpaired) electrons. The molecule has 0 amide bonds. The van der Waals surface area contributed by atoms with Gasteiger partial charge in [-0.05, 0) is 36.3 Å². The molecule has 0 saturated heterocycles. The first kappa shape index (κ1) is 10.3. The maximum absolute atomic E-state index is 5.71. The zero-order chi connectivity index (χ0) is 11.1. The van der Waals surface area contributed by atoms with Gasteiger partial charge in [0.15, 0.2) is 0 Å². The lowest BCUT2D eigenvalue weighted by atomic mass is 10.1. The smallest absolute Gasteiger partial charge is 0.126 e. The zero-order valence-corrected chi connectivity index (χ0v) is 9.67. The Hall–Kier alpha value is -1.25. The molecule has 0 spiro atoms. The molecule has 1 heterocycles. The van der Waals surface area contributed by atoms with Crippen LogP contribution in [0.15, 0.2) is 12.3 Å². The van der Waals surface area contributed by atoms with E-state index in [0.717, 1.165) is 29.5 Å². The Morgan fingerprint density at radius 3 is 2.80 bits per heavy atom. The van der Waals surface area contributed by atoms with E-state index in [1.807, 2.05) is 13.0 Å². The number of anilines is 2. The molecule has 0 bridgehead atoms. The molecule has 1 fully saturated rings. The van der Waals surface area contributed by atoms with E-state index in [9.17, 15) is 0 Å². The van der Waals surface area contributed by atoms with Crippen LogP contribution in [0.4, 0.5) is 11.5 Å². The van der Waals surface area contributed by atoms with E-state index in [4.69, 9.17) is 5.73 Å². The Labute approximate surface area is 91.1 Å². The SMILES string of the molecule is Cc1cc(NCC2CC2(C)C)ncc1N. The summed E-state index contributed by atoms with van der Waals surface area (Å²) in [6.07, 6.45) is 3.03. The molecule has 82 valence electrons. The average Bonchev–Trinajstić information content (AvgIpc) is 2.77. The maximum atomic E-state index is 5.71. The number of aryl methyl sites for hydroxylation is 1. The summed E-state index contributed by atoms with van der Waals surface area (Å²) in [5, 5.41) is 3.36. The molecule has 1 aromatic rings. The van der Waals surface area contributed by atoms with Crippen molar-refractivity contribution in [2.75, 3.05) is 17.6 Å². The molecular formula is C12H19N3. The molecule has 1 aliphatic carbocycles. The first-order chi connectivity index (χ1) is 6.99. The predicted molar refractivity (Wildman–Crippen MR) is 63.8 cm³/mol. The molecule has 1 atom stereocenters. The Balaban J connectivity index is 1.92. The molecule has 1 aliphatic rings. The number of nitrogens with two attached hydrogens (primary N) is 1. The second-order valence-corrected chi connectivity index (χ2v) is 5.20. The van der Waals surface area contributed by atoms with Gasteiger partial charge in [0, 0.05) is 6.54 Å². The highest BCUT2D eigenvalue weighted by Gasteiger charge is 2.44. The summed E-state index contributed by atoms with van der Waals surface area (Å²) in [6.45, 7) is 7.63. The molecule has 3 heteroatoms. The molecule has 15 heavy (non-hydrogen) atoms. The van der Waals surface area contributed by atoms with Gasteiger partial charge in [-0.3, -0.25) is 0 Å². The number of rotatable bonds is 3. The third-order valence-corrected chi connectivity index (χ3v) is 3.40. The van der Waals surface area contributed by atoms with Gasteiger partial charge in [-0.2, -0.15) is 0 Å². The Morgan fingerprint density at radius 1 is 1.60 bits per heavy atom. The van der Waals surface area contributed by atoms with Crippen molar-refractivity contribution in [2.24, 2.45) is 11.3 Å². The topological polar surface area (TPSA) is 50.9 Å². The van der Waals surface area contributed by atoms with Gasteiger partial charge >= 0.3 is 0 Å². The second-order valence-electron chi connectivity index (χ2n) is 5.20. The Morgan fingerprint density at radius 2 is 2.27 bits per heavy atom.